The van der Waals surface area contributed by atoms with Crippen molar-refractivity contribution in [1.29, 1.82) is 0 Å². The van der Waals surface area contributed by atoms with E-state index in [-0.39, 0.29) is 0 Å². The maximum absolute atomic E-state index is 6.35. The van der Waals surface area contributed by atoms with Crippen LogP contribution in [0.5, 0.6) is 0 Å². The molecule has 0 saturated heterocycles. The van der Waals surface area contributed by atoms with E-state index in [0.29, 0.717) is 5.82 Å². The van der Waals surface area contributed by atoms with E-state index in [1.165, 1.54) is 32.3 Å². The number of hydrogen-bond acceptors (Lipinski definition) is 5. The molecule has 0 spiro atoms. The van der Waals surface area contributed by atoms with E-state index in [4.69, 9.17) is 23.2 Å². The van der Waals surface area contributed by atoms with Crippen LogP contribution in [0.3, 0.4) is 0 Å². The summed E-state index contributed by atoms with van der Waals surface area (Å²) in [7, 11) is 0. The van der Waals surface area contributed by atoms with Crippen molar-refractivity contribution in [2.24, 2.45) is 0 Å². The van der Waals surface area contributed by atoms with E-state index in [1.807, 2.05) is 36.4 Å². The molecule has 7 aromatic heterocycles. The van der Waals surface area contributed by atoms with E-state index >= 15 is 0 Å². The maximum Gasteiger partial charge on any atom is 0.160 e. The summed E-state index contributed by atoms with van der Waals surface area (Å²) in [5.74, 6) is 0.634. The van der Waals surface area contributed by atoms with Crippen molar-refractivity contribution in [3.8, 4) is 95.5 Å². The van der Waals surface area contributed by atoms with Crippen LogP contribution in [-0.2, 0) is 0 Å². The highest BCUT2D eigenvalue weighted by Crippen LogP contribution is 2.43. The third-order valence-corrected chi connectivity index (χ3v) is 22.3. The Hall–Kier alpha value is -14.6. The number of benzene rings is 16. The van der Waals surface area contributed by atoms with Crippen molar-refractivity contribution in [1.82, 2.24) is 23.7 Å². The second-order valence-corrected chi connectivity index (χ2v) is 28.4. The smallest absolute Gasteiger partial charge is 0.160 e. The van der Waals surface area contributed by atoms with Crippen LogP contribution in [-0.4, -0.2) is 23.7 Å². The highest BCUT2D eigenvalue weighted by molar-refractivity contribution is 6.15. The van der Waals surface area contributed by atoms with Crippen LogP contribution in [0, 0.1) is 0 Å². The predicted molar refractivity (Wildman–Crippen MR) is 445 cm³/mol. The first-order chi connectivity index (χ1) is 53.5. The molecule has 0 saturated carbocycles. The Balaban J connectivity index is 0.592. The first-order valence-corrected chi connectivity index (χ1v) is 36.6. The lowest BCUT2D eigenvalue weighted by Crippen LogP contribution is -1.98. The molecule has 0 radical (unpaired) electrons. The zero-order valence-corrected chi connectivity index (χ0v) is 58.0. The van der Waals surface area contributed by atoms with Gasteiger partial charge in [-0.15, -0.1) is 0 Å². The van der Waals surface area contributed by atoms with Gasteiger partial charge in [-0.1, -0.05) is 194 Å². The molecule has 0 aliphatic carbocycles. The maximum atomic E-state index is 6.35. The minimum atomic E-state index is 0.634. The number of nitrogens with zero attached hydrogens (tertiary/aromatic N) is 5. The van der Waals surface area contributed by atoms with Crippen molar-refractivity contribution >= 4 is 131 Å². The van der Waals surface area contributed by atoms with E-state index in [1.54, 1.807) is 0 Å². The summed E-state index contributed by atoms with van der Waals surface area (Å²) in [4.78, 5) is 10.9. The van der Waals surface area contributed by atoms with Crippen molar-refractivity contribution in [3.05, 3.63) is 358 Å². The van der Waals surface area contributed by atoms with Gasteiger partial charge in [-0.3, -0.25) is 0 Å². The lowest BCUT2D eigenvalue weighted by atomic mass is 10.0. The van der Waals surface area contributed by atoms with E-state index < -0.39 is 0 Å². The molecule has 0 bridgehead atoms. The Morgan fingerprint density at radius 3 is 0.778 bits per heavy atom. The van der Waals surface area contributed by atoms with Gasteiger partial charge in [-0.25, -0.2) is 9.97 Å². The topological polar surface area (TPSA) is 80.0 Å². The fourth-order valence-electron chi connectivity index (χ4n) is 17.1. The zero-order chi connectivity index (χ0) is 70.7. The van der Waals surface area contributed by atoms with Crippen molar-refractivity contribution in [2.45, 2.75) is 0 Å². The van der Waals surface area contributed by atoms with Crippen LogP contribution in [0.1, 0.15) is 0 Å². The monoisotopic (exact) mass is 1380 g/mol. The fraction of sp³-hybridized carbons (Fsp3) is 0. The SMILES string of the molecule is c1ccc2c(c1)oc1cc(-c3ccc4c(c3)c3ccccc3n4-c3ccc(-c4ccc(-c5cc(-c6ccc(-n7c8ccccc8c8cc(-c9ccc%10c(c9)oc9ccccc9%10)ccc87)cc6)nc(-c6ccc(-n7c8ccccc8c8cc(-c9ccc%10c(c9)oc9ccccc9%10)ccc87)cc6)n5)cc4)cc3)ccc12. The molecular formula is C100H59N5O3. The normalized spacial score (nSPS) is 12.1. The largest absolute Gasteiger partial charge is 0.456 e. The molecule has 7 heterocycles. The second kappa shape index (κ2) is 23.5. The van der Waals surface area contributed by atoms with Crippen LogP contribution in [0.4, 0.5) is 0 Å². The number of rotatable bonds is 10. The summed E-state index contributed by atoms with van der Waals surface area (Å²) >= 11 is 0. The number of aromatic nitrogens is 5. The molecule has 8 nitrogen and oxygen atoms in total. The number of hydrogen-bond donors (Lipinski definition) is 0. The number of fused-ring (bicyclic) bond motifs is 18. The Bertz CT molecular complexity index is 7360. The summed E-state index contributed by atoms with van der Waals surface area (Å²) in [5.41, 5.74) is 28.9. The number of furan rings is 3. The fourth-order valence-corrected chi connectivity index (χ4v) is 17.1. The molecule has 8 heteroatoms. The van der Waals surface area contributed by atoms with Crippen LogP contribution in [0.25, 0.3) is 227 Å². The van der Waals surface area contributed by atoms with Gasteiger partial charge in [-0.2, -0.15) is 0 Å². The Morgan fingerprint density at radius 1 is 0.167 bits per heavy atom. The molecule has 23 aromatic rings. The summed E-state index contributed by atoms with van der Waals surface area (Å²) in [6.45, 7) is 0. The van der Waals surface area contributed by atoms with Gasteiger partial charge >= 0.3 is 0 Å². The van der Waals surface area contributed by atoms with Crippen LogP contribution < -0.4 is 0 Å². The highest BCUT2D eigenvalue weighted by atomic mass is 16.3. The first kappa shape index (κ1) is 59.9. The summed E-state index contributed by atoms with van der Waals surface area (Å²) in [5, 5.41) is 13.9. The molecule has 0 aliphatic rings. The summed E-state index contributed by atoms with van der Waals surface area (Å²) in [6.07, 6.45) is 0. The lowest BCUT2D eigenvalue weighted by Gasteiger charge is -2.13. The minimum absolute atomic E-state index is 0.634. The zero-order valence-electron chi connectivity index (χ0n) is 58.0. The number of para-hydroxylation sites is 6. The standard InChI is InChI=1S/C100H59N5O3/c1-7-19-88-74(13-1)83-53-65(68-35-47-80-77-16-4-10-22-94(77)106-97(80)56-68)38-50-91(83)103(88)71-41-29-61(30-42-71)60-25-27-62(28-26-60)86-59-87(63-31-43-72(44-32-63)104-89-20-8-2-14-75(89)84-54-66(39-51-92(84)104)69-36-48-81-78-17-5-11-23-95(78)107-98(81)57-69)102-100(101-86)64-33-45-73(46-34-64)105-90-21-9-3-15-76(90)85-55-67(40-52-93(85)105)70-37-49-82-79-18-6-12-24-96(79)108-99(82)58-70/h1-59H. The molecule has 502 valence electrons. The lowest BCUT2D eigenvalue weighted by molar-refractivity contribution is 0.668. The molecule has 0 aliphatic heterocycles. The van der Waals surface area contributed by atoms with Crippen molar-refractivity contribution in [3.63, 3.8) is 0 Å². The van der Waals surface area contributed by atoms with Gasteiger partial charge in [0.15, 0.2) is 5.82 Å². The van der Waals surface area contributed by atoms with Crippen LogP contribution >= 0.6 is 0 Å². The van der Waals surface area contributed by atoms with Crippen molar-refractivity contribution < 1.29 is 13.3 Å². The Kier molecular flexibility index (Phi) is 13.0. The van der Waals surface area contributed by atoms with E-state index in [9.17, 15) is 0 Å². The first-order valence-electron chi connectivity index (χ1n) is 36.6. The van der Waals surface area contributed by atoms with Gasteiger partial charge in [0.25, 0.3) is 0 Å². The molecule has 0 amide bonds. The van der Waals surface area contributed by atoms with E-state index in [0.717, 1.165) is 189 Å². The quantitative estimate of drug-likeness (QED) is 0.136. The Labute approximate surface area is 617 Å². The molecule has 108 heavy (non-hydrogen) atoms. The average molecular weight is 1380 g/mol. The second-order valence-electron chi connectivity index (χ2n) is 28.4. The molecule has 16 aromatic carbocycles. The van der Waals surface area contributed by atoms with Crippen LogP contribution in [0.15, 0.2) is 371 Å². The van der Waals surface area contributed by atoms with Crippen molar-refractivity contribution in [2.75, 3.05) is 0 Å². The van der Waals surface area contributed by atoms with Crippen LogP contribution in [0.2, 0.25) is 0 Å². The molecule has 0 fully saturated rings. The molecule has 0 N–H and O–H groups in total. The molecule has 0 atom stereocenters. The van der Waals surface area contributed by atoms with Gasteiger partial charge in [-0.05, 0) is 208 Å². The minimum Gasteiger partial charge on any atom is -0.456 e. The Morgan fingerprint density at radius 2 is 0.417 bits per heavy atom. The summed E-state index contributed by atoms with van der Waals surface area (Å²) < 4.78 is 26.1. The highest BCUT2D eigenvalue weighted by Gasteiger charge is 2.21. The third kappa shape index (κ3) is 9.43. The molecule has 0 unspecified atom stereocenters. The average Bonchev–Trinajstić information content (AvgIpc) is 1.59. The van der Waals surface area contributed by atoms with Gasteiger partial charge < -0.3 is 27.0 Å². The predicted octanol–water partition coefficient (Wildman–Crippen LogP) is 27.1. The van der Waals surface area contributed by atoms with E-state index in [2.05, 4.69) is 335 Å². The van der Waals surface area contributed by atoms with Gasteiger partial charge in [0.2, 0.25) is 0 Å². The van der Waals surface area contributed by atoms with Gasteiger partial charge in [0, 0.05) is 98.4 Å². The van der Waals surface area contributed by atoms with Gasteiger partial charge in [0.05, 0.1) is 44.5 Å². The van der Waals surface area contributed by atoms with Gasteiger partial charge in [0.1, 0.15) is 33.5 Å². The third-order valence-electron chi connectivity index (χ3n) is 22.3. The molecular weight excluding hydrogens is 1320 g/mol. The molecule has 23 rings (SSSR count). The summed E-state index contributed by atoms with van der Waals surface area (Å²) in [6, 6.07) is 128.